The van der Waals surface area contributed by atoms with Crippen LogP contribution in [0.4, 0.5) is 0 Å². The normalized spacial score (nSPS) is 11.1. The highest BCUT2D eigenvalue weighted by Gasteiger charge is 2.12. The van der Waals surface area contributed by atoms with Gasteiger partial charge in [0, 0.05) is 12.6 Å². The minimum absolute atomic E-state index is 0.126. The van der Waals surface area contributed by atoms with Crippen LogP contribution in [0.15, 0.2) is 36.4 Å². The van der Waals surface area contributed by atoms with Gasteiger partial charge in [0.25, 0.3) is 0 Å². The van der Waals surface area contributed by atoms with Gasteiger partial charge in [-0.3, -0.25) is 0 Å². The zero-order valence-electron chi connectivity index (χ0n) is 10.8. The van der Waals surface area contributed by atoms with E-state index in [4.69, 9.17) is 0 Å². The minimum atomic E-state index is -0.138. The molecule has 0 spiro atoms. The summed E-state index contributed by atoms with van der Waals surface area (Å²) in [5.74, 6) is 0.500. The van der Waals surface area contributed by atoms with E-state index in [9.17, 15) is 10.2 Å². The van der Waals surface area contributed by atoms with Gasteiger partial charge in [-0.1, -0.05) is 12.1 Å². The van der Waals surface area contributed by atoms with Crippen LogP contribution in [0.3, 0.4) is 0 Å². The molecule has 4 heteroatoms. The standard InChI is InChI=1S/C15H14N2O2/c1-9-4-3-5-11-14(9)17(2)15(16-11)10-6-7-12(18)13(19)8-10/h3-8,18-19H,1-2H3. The van der Waals surface area contributed by atoms with Crippen molar-refractivity contribution in [3.8, 4) is 22.9 Å². The van der Waals surface area contributed by atoms with E-state index in [2.05, 4.69) is 4.98 Å². The van der Waals surface area contributed by atoms with Crippen LogP contribution in [0, 0.1) is 6.92 Å². The Balaban J connectivity index is 2.28. The van der Waals surface area contributed by atoms with Crippen molar-refractivity contribution in [2.75, 3.05) is 0 Å². The highest BCUT2D eigenvalue weighted by atomic mass is 16.3. The van der Waals surface area contributed by atoms with Gasteiger partial charge in [-0.2, -0.15) is 0 Å². The maximum absolute atomic E-state index is 9.59. The summed E-state index contributed by atoms with van der Waals surface area (Å²) in [7, 11) is 1.95. The Morgan fingerprint density at radius 2 is 1.84 bits per heavy atom. The number of phenolic OH excluding ortho intramolecular Hbond substituents is 2. The Bertz CT molecular complexity index is 775. The molecule has 0 saturated heterocycles. The predicted molar refractivity (Wildman–Crippen MR) is 74.2 cm³/mol. The number of aromatic hydroxyl groups is 2. The SMILES string of the molecule is Cc1cccc2nc(-c3ccc(O)c(O)c3)n(C)c12. The maximum atomic E-state index is 9.59. The van der Waals surface area contributed by atoms with Gasteiger partial charge in [0.15, 0.2) is 11.5 Å². The van der Waals surface area contributed by atoms with Crippen molar-refractivity contribution in [2.24, 2.45) is 7.05 Å². The molecule has 19 heavy (non-hydrogen) atoms. The molecule has 0 unspecified atom stereocenters. The van der Waals surface area contributed by atoms with E-state index in [-0.39, 0.29) is 11.5 Å². The fourth-order valence-corrected chi connectivity index (χ4v) is 2.39. The molecule has 96 valence electrons. The molecule has 3 rings (SSSR count). The average molecular weight is 254 g/mol. The first-order valence-corrected chi connectivity index (χ1v) is 6.02. The third kappa shape index (κ3) is 1.73. The number of rotatable bonds is 1. The Morgan fingerprint density at radius 3 is 2.53 bits per heavy atom. The molecule has 0 aliphatic carbocycles. The Morgan fingerprint density at radius 1 is 1.05 bits per heavy atom. The number of aromatic nitrogens is 2. The number of hydrogen-bond acceptors (Lipinski definition) is 3. The van der Waals surface area contributed by atoms with Gasteiger partial charge >= 0.3 is 0 Å². The lowest BCUT2D eigenvalue weighted by Gasteiger charge is -2.05. The number of benzene rings is 2. The fourth-order valence-electron chi connectivity index (χ4n) is 2.39. The van der Waals surface area contributed by atoms with Crippen LogP contribution in [0.1, 0.15) is 5.56 Å². The summed E-state index contributed by atoms with van der Waals surface area (Å²) in [6.45, 7) is 2.04. The van der Waals surface area contributed by atoms with E-state index in [1.165, 1.54) is 12.1 Å². The molecule has 0 radical (unpaired) electrons. The maximum Gasteiger partial charge on any atom is 0.158 e. The smallest absolute Gasteiger partial charge is 0.158 e. The minimum Gasteiger partial charge on any atom is -0.504 e. The van der Waals surface area contributed by atoms with Gasteiger partial charge in [-0.25, -0.2) is 4.98 Å². The Labute approximate surface area is 110 Å². The van der Waals surface area contributed by atoms with E-state index in [1.54, 1.807) is 6.07 Å². The summed E-state index contributed by atoms with van der Waals surface area (Å²) >= 11 is 0. The number of para-hydroxylation sites is 1. The van der Waals surface area contributed by atoms with E-state index < -0.39 is 0 Å². The molecule has 0 amide bonds. The zero-order valence-corrected chi connectivity index (χ0v) is 10.8. The molecule has 1 aromatic heterocycles. The van der Waals surface area contributed by atoms with Crippen molar-refractivity contribution in [3.63, 3.8) is 0 Å². The second-order valence-corrected chi connectivity index (χ2v) is 4.64. The van der Waals surface area contributed by atoms with Crippen molar-refractivity contribution in [2.45, 2.75) is 6.92 Å². The lowest BCUT2D eigenvalue weighted by Crippen LogP contribution is -1.93. The molecule has 1 heterocycles. The number of phenols is 2. The number of nitrogens with zero attached hydrogens (tertiary/aromatic N) is 2. The summed E-state index contributed by atoms with van der Waals surface area (Å²) < 4.78 is 2.00. The third-order valence-corrected chi connectivity index (χ3v) is 3.33. The summed E-state index contributed by atoms with van der Waals surface area (Å²) in [4.78, 5) is 4.58. The topological polar surface area (TPSA) is 58.3 Å². The van der Waals surface area contributed by atoms with E-state index in [1.807, 2.05) is 36.7 Å². The first kappa shape index (κ1) is 11.6. The predicted octanol–water partition coefficient (Wildman–Crippen LogP) is 2.96. The lowest BCUT2D eigenvalue weighted by molar-refractivity contribution is 0.404. The number of fused-ring (bicyclic) bond motifs is 1. The summed E-state index contributed by atoms with van der Waals surface area (Å²) in [6.07, 6.45) is 0. The average Bonchev–Trinajstić information content (AvgIpc) is 2.72. The fraction of sp³-hybridized carbons (Fsp3) is 0.133. The zero-order chi connectivity index (χ0) is 13.6. The van der Waals surface area contributed by atoms with Crippen LogP contribution < -0.4 is 0 Å². The van der Waals surface area contributed by atoms with Crippen LogP contribution in [-0.4, -0.2) is 19.8 Å². The molecule has 0 saturated carbocycles. The monoisotopic (exact) mass is 254 g/mol. The molecule has 0 aliphatic rings. The summed E-state index contributed by atoms with van der Waals surface area (Å²) in [5, 5.41) is 19.0. The number of hydrogen-bond donors (Lipinski definition) is 2. The van der Waals surface area contributed by atoms with Crippen LogP contribution in [-0.2, 0) is 7.05 Å². The van der Waals surface area contributed by atoms with E-state index in [0.29, 0.717) is 0 Å². The van der Waals surface area contributed by atoms with Crippen molar-refractivity contribution >= 4 is 11.0 Å². The molecule has 4 nitrogen and oxygen atoms in total. The molecule has 0 atom stereocenters. The van der Waals surface area contributed by atoms with Gasteiger partial charge < -0.3 is 14.8 Å². The van der Waals surface area contributed by atoms with Crippen molar-refractivity contribution in [3.05, 3.63) is 42.0 Å². The summed E-state index contributed by atoms with van der Waals surface area (Å²) in [5.41, 5.74) is 3.92. The van der Waals surface area contributed by atoms with Crippen LogP contribution in [0.25, 0.3) is 22.4 Å². The highest BCUT2D eigenvalue weighted by Crippen LogP contribution is 2.31. The molecule has 0 aliphatic heterocycles. The van der Waals surface area contributed by atoms with Crippen LogP contribution in [0.5, 0.6) is 11.5 Å². The molecule has 2 N–H and O–H groups in total. The van der Waals surface area contributed by atoms with Crippen LogP contribution >= 0.6 is 0 Å². The number of imidazole rings is 1. The van der Waals surface area contributed by atoms with Gasteiger partial charge in [0.05, 0.1) is 11.0 Å². The summed E-state index contributed by atoms with van der Waals surface area (Å²) in [6, 6.07) is 10.7. The Kier molecular flexibility index (Phi) is 2.45. The van der Waals surface area contributed by atoms with Crippen LogP contribution in [0.2, 0.25) is 0 Å². The number of aryl methyl sites for hydroxylation is 2. The lowest BCUT2D eigenvalue weighted by atomic mass is 10.2. The van der Waals surface area contributed by atoms with E-state index >= 15 is 0 Å². The van der Waals surface area contributed by atoms with Crippen molar-refractivity contribution < 1.29 is 10.2 Å². The van der Waals surface area contributed by atoms with Crippen molar-refractivity contribution in [1.82, 2.24) is 9.55 Å². The molecule has 0 bridgehead atoms. The molecule has 3 aromatic rings. The second-order valence-electron chi connectivity index (χ2n) is 4.64. The van der Waals surface area contributed by atoms with Gasteiger partial charge in [-0.05, 0) is 36.8 Å². The van der Waals surface area contributed by atoms with E-state index in [0.717, 1.165) is 28.0 Å². The van der Waals surface area contributed by atoms with Crippen molar-refractivity contribution in [1.29, 1.82) is 0 Å². The molecular weight excluding hydrogens is 240 g/mol. The van der Waals surface area contributed by atoms with Gasteiger partial charge in [0.2, 0.25) is 0 Å². The Hall–Kier alpha value is -2.49. The quantitative estimate of drug-likeness (QED) is 0.656. The molecular formula is C15H14N2O2. The third-order valence-electron chi connectivity index (χ3n) is 3.33. The first-order chi connectivity index (χ1) is 9.08. The van der Waals surface area contributed by atoms with Gasteiger partial charge in [-0.15, -0.1) is 0 Å². The first-order valence-electron chi connectivity index (χ1n) is 6.02. The molecule has 2 aromatic carbocycles. The molecule has 0 fully saturated rings. The van der Waals surface area contributed by atoms with Gasteiger partial charge in [0.1, 0.15) is 5.82 Å². The second kappa shape index (κ2) is 4.02. The largest absolute Gasteiger partial charge is 0.504 e. The highest BCUT2D eigenvalue weighted by molar-refractivity contribution is 5.83.